The van der Waals surface area contributed by atoms with Crippen LogP contribution >= 0.6 is 15.9 Å². The SMILES string of the molecule is O=[N+]([O-])c1ccc2nc(Nc3cccc(Br)c3)ncc2c1. The first-order chi connectivity index (χ1) is 10.1. The molecule has 2 aromatic carbocycles. The van der Waals surface area contributed by atoms with Crippen molar-refractivity contribution in [1.82, 2.24) is 9.97 Å². The second-order valence-corrected chi connectivity index (χ2v) is 5.24. The van der Waals surface area contributed by atoms with E-state index in [1.807, 2.05) is 24.3 Å². The van der Waals surface area contributed by atoms with Crippen LogP contribution in [0.2, 0.25) is 0 Å². The van der Waals surface area contributed by atoms with Gasteiger partial charge in [-0.1, -0.05) is 22.0 Å². The van der Waals surface area contributed by atoms with Crippen molar-refractivity contribution in [1.29, 1.82) is 0 Å². The third kappa shape index (κ3) is 2.97. The number of nitrogens with zero attached hydrogens (tertiary/aromatic N) is 3. The Morgan fingerprint density at radius 3 is 2.81 bits per heavy atom. The van der Waals surface area contributed by atoms with Crippen LogP contribution in [0.1, 0.15) is 0 Å². The molecule has 1 heterocycles. The van der Waals surface area contributed by atoms with E-state index >= 15 is 0 Å². The summed E-state index contributed by atoms with van der Waals surface area (Å²) in [6.45, 7) is 0. The summed E-state index contributed by atoms with van der Waals surface area (Å²) in [5, 5.41) is 14.4. The molecule has 3 rings (SSSR count). The van der Waals surface area contributed by atoms with Crippen LogP contribution in [-0.2, 0) is 0 Å². The lowest BCUT2D eigenvalue weighted by atomic mass is 10.2. The molecule has 1 N–H and O–H groups in total. The van der Waals surface area contributed by atoms with E-state index in [9.17, 15) is 10.1 Å². The van der Waals surface area contributed by atoms with Gasteiger partial charge in [-0.05, 0) is 24.3 Å². The molecule has 0 saturated heterocycles. The van der Waals surface area contributed by atoms with Gasteiger partial charge in [0.25, 0.3) is 5.69 Å². The maximum atomic E-state index is 10.7. The predicted molar refractivity (Wildman–Crippen MR) is 83.6 cm³/mol. The van der Waals surface area contributed by atoms with E-state index in [-0.39, 0.29) is 5.69 Å². The molecule has 0 aliphatic carbocycles. The van der Waals surface area contributed by atoms with Gasteiger partial charge in [-0.2, -0.15) is 0 Å². The zero-order valence-electron chi connectivity index (χ0n) is 10.7. The highest BCUT2D eigenvalue weighted by molar-refractivity contribution is 9.10. The number of aromatic nitrogens is 2. The van der Waals surface area contributed by atoms with E-state index < -0.39 is 4.92 Å². The van der Waals surface area contributed by atoms with Crippen molar-refractivity contribution >= 4 is 44.2 Å². The smallest absolute Gasteiger partial charge is 0.270 e. The fourth-order valence-electron chi connectivity index (χ4n) is 1.89. The third-order valence-corrected chi connectivity index (χ3v) is 3.35. The van der Waals surface area contributed by atoms with Gasteiger partial charge in [-0.25, -0.2) is 9.97 Å². The molecule has 0 unspecified atom stereocenters. The summed E-state index contributed by atoms with van der Waals surface area (Å²) in [5.41, 5.74) is 1.53. The number of anilines is 2. The Bertz CT molecular complexity index is 838. The molecule has 104 valence electrons. The van der Waals surface area contributed by atoms with Gasteiger partial charge >= 0.3 is 0 Å². The van der Waals surface area contributed by atoms with Crippen LogP contribution < -0.4 is 5.32 Å². The molecule has 7 heteroatoms. The first-order valence-corrected chi connectivity index (χ1v) is 6.85. The molecule has 0 spiro atoms. The minimum absolute atomic E-state index is 0.0267. The van der Waals surface area contributed by atoms with Crippen LogP contribution in [0.3, 0.4) is 0 Å². The second-order valence-electron chi connectivity index (χ2n) is 4.33. The summed E-state index contributed by atoms with van der Waals surface area (Å²) in [7, 11) is 0. The fourth-order valence-corrected chi connectivity index (χ4v) is 2.29. The molecular formula is C14H9BrN4O2. The number of rotatable bonds is 3. The van der Waals surface area contributed by atoms with E-state index in [0.717, 1.165) is 10.2 Å². The highest BCUT2D eigenvalue weighted by Crippen LogP contribution is 2.22. The standard InChI is InChI=1S/C14H9BrN4O2/c15-10-2-1-3-11(7-10)17-14-16-8-9-6-12(19(20)21)4-5-13(9)18-14/h1-8H,(H,16,17,18). The summed E-state index contributed by atoms with van der Waals surface area (Å²) >= 11 is 3.39. The van der Waals surface area contributed by atoms with E-state index in [2.05, 4.69) is 31.2 Å². The average molecular weight is 345 g/mol. The monoisotopic (exact) mass is 344 g/mol. The topological polar surface area (TPSA) is 81.0 Å². The molecule has 0 bridgehead atoms. The van der Waals surface area contributed by atoms with Crippen LogP contribution in [0.15, 0.2) is 53.1 Å². The molecule has 0 saturated carbocycles. The molecule has 1 aromatic heterocycles. The molecule has 0 amide bonds. The van der Waals surface area contributed by atoms with Crippen molar-refractivity contribution in [3.05, 3.63) is 63.2 Å². The number of nitro groups is 1. The molecule has 0 aliphatic heterocycles. The van der Waals surface area contributed by atoms with Crippen LogP contribution in [0.4, 0.5) is 17.3 Å². The Labute approximate surface area is 128 Å². The van der Waals surface area contributed by atoms with Crippen LogP contribution in [0.25, 0.3) is 10.9 Å². The minimum Gasteiger partial charge on any atom is -0.324 e. The van der Waals surface area contributed by atoms with Crippen LogP contribution in [0.5, 0.6) is 0 Å². The first kappa shape index (κ1) is 13.4. The van der Waals surface area contributed by atoms with Crippen molar-refractivity contribution in [2.24, 2.45) is 0 Å². The van der Waals surface area contributed by atoms with Crippen molar-refractivity contribution in [3.63, 3.8) is 0 Å². The maximum Gasteiger partial charge on any atom is 0.270 e. The number of non-ortho nitro benzene ring substituents is 1. The van der Waals surface area contributed by atoms with Gasteiger partial charge in [-0.15, -0.1) is 0 Å². The summed E-state index contributed by atoms with van der Waals surface area (Å²) < 4.78 is 0.948. The Kier molecular flexibility index (Phi) is 3.49. The normalized spacial score (nSPS) is 10.5. The number of hydrogen-bond acceptors (Lipinski definition) is 5. The van der Waals surface area contributed by atoms with Gasteiger partial charge in [0.15, 0.2) is 0 Å². The summed E-state index contributed by atoms with van der Waals surface area (Å²) in [6, 6.07) is 12.1. The van der Waals surface area contributed by atoms with Crippen molar-refractivity contribution < 1.29 is 4.92 Å². The predicted octanol–water partition coefficient (Wildman–Crippen LogP) is 4.04. The molecular weight excluding hydrogens is 336 g/mol. The largest absolute Gasteiger partial charge is 0.324 e. The summed E-state index contributed by atoms with van der Waals surface area (Å²) in [4.78, 5) is 18.8. The molecule has 0 fully saturated rings. The number of benzene rings is 2. The number of fused-ring (bicyclic) bond motifs is 1. The fraction of sp³-hybridized carbons (Fsp3) is 0. The molecule has 0 atom stereocenters. The van der Waals surface area contributed by atoms with Gasteiger partial charge in [0.1, 0.15) is 0 Å². The lowest BCUT2D eigenvalue weighted by molar-refractivity contribution is -0.384. The van der Waals surface area contributed by atoms with Crippen LogP contribution in [0, 0.1) is 10.1 Å². The highest BCUT2D eigenvalue weighted by Gasteiger charge is 2.08. The van der Waals surface area contributed by atoms with Crippen molar-refractivity contribution in [2.45, 2.75) is 0 Å². The lowest BCUT2D eigenvalue weighted by Gasteiger charge is -2.06. The van der Waals surface area contributed by atoms with E-state index in [0.29, 0.717) is 16.9 Å². The van der Waals surface area contributed by atoms with E-state index in [4.69, 9.17) is 0 Å². The van der Waals surface area contributed by atoms with E-state index in [1.165, 1.54) is 12.1 Å². The maximum absolute atomic E-state index is 10.7. The number of hydrogen-bond donors (Lipinski definition) is 1. The Balaban J connectivity index is 1.94. The van der Waals surface area contributed by atoms with Crippen molar-refractivity contribution in [2.75, 3.05) is 5.32 Å². The molecule has 0 aliphatic rings. The van der Waals surface area contributed by atoms with Crippen LogP contribution in [-0.4, -0.2) is 14.9 Å². The molecule has 0 radical (unpaired) electrons. The van der Waals surface area contributed by atoms with Gasteiger partial charge in [0.05, 0.1) is 10.4 Å². The quantitative estimate of drug-likeness (QED) is 0.572. The van der Waals surface area contributed by atoms with Gasteiger partial charge in [0, 0.05) is 33.9 Å². The Morgan fingerprint density at radius 2 is 2.05 bits per heavy atom. The van der Waals surface area contributed by atoms with Gasteiger partial charge in [0.2, 0.25) is 5.95 Å². The number of nitrogens with one attached hydrogen (secondary N) is 1. The molecule has 21 heavy (non-hydrogen) atoms. The highest BCUT2D eigenvalue weighted by atomic mass is 79.9. The zero-order valence-corrected chi connectivity index (χ0v) is 12.2. The molecule has 6 nitrogen and oxygen atoms in total. The minimum atomic E-state index is -0.437. The third-order valence-electron chi connectivity index (χ3n) is 2.85. The summed E-state index contributed by atoms with van der Waals surface area (Å²) in [5.74, 6) is 0.439. The lowest BCUT2D eigenvalue weighted by Crippen LogP contribution is -1.97. The van der Waals surface area contributed by atoms with Gasteiger partial charge < -0.3 is 5.32 Å². The average Bonchev–Trinajstić information content (AvgIpc) is 2.46. The molecule has 3 aromatic rings. The first-order valence-electron chi connectivity index (χ1n) is 6.05. The van der Waals surface area contributed by atoms with Crippen molar-refractivity contribution in [3.8, 4) is 0 Å². The number of halogens is 1. The Hall–Kier alpha value is -2.54. The number of nitro benzene ring substituents is 1. The van der Waals surface area contributed by atoms with E-state index in [1.54, 1.807) is 12.3 Å². The van der Waals surface area contributed by atoms with Gasteiger partial charge in [-0.3, -0.25) is 10.1 Å². The zero-order chi connectivity index (χ0) is 14.8. The Morgan fingerprint density at radius 1 is 1.19 bits per heavy atom. The second kappa shape index (κ2) is 5.45. The summed E-state index contributed by atoms with van der Waals surface area (Å²) in [6.07, 6.45) is 1.57.